The van der Waals surface area contributed by atoms with Crippen molar-refractivity contribution in [1.82, 2.24) is 4.57 Å². The van der Waals surface area contributed by atoms with Crippen LogP contribution in [0, 0.1) is 6.92 Å². The lowest BCUT2D eigenvalue weighted by Crippen LogP contribution is -2.31. The van der Waals surface area contributed by atoms with Crippen LogP contribution in [-0.4, -0.2) is 34.8 Å². The van der Waals surface area contributed by atoms with Gasteiger partial charge in [0, 0.05) is 6.92 Å². The van der Waals surface area contributed by atoms with Crippen molar-refractivity contribution >= 4 is 28.7 Å². The maximum atomic E-state index is 12.4. The average Bonchev–Trinajstić information content (AvgIpc) is 2.81. The van der Waals surface area contributed by atoms with Gasteiger partial charge in [-0.2, -0.15) is 4.57 Å². The maximum absolute atomic E-state index is 12.4. The standard InChI is InChI=1S/C17H20N2O5/c1-5-23-16(21)14(15(20)17(22)24-6-2)19-11(3)18(4)12-9-7-8-10-13(12)19/h7-10H,5-6H2,1-4H3/p+1. The van der Waals surface area contributed by atoms with Gasteiger partial charge >= 0.3 is 11.9 Å². The number of imidazole rings is 1. The average molecular weight is 333 g/mol. The number of carbonyl (C=O) groups is 2. The van der Waals surface area contributed by atoms with Crippen molar-refractivity contribution in [3.8, 4) is 0 Å². The first-order chi connectivity index (χ1) is 11.4. The quantitative estimate of drug-likeness (QED) is 0.389. The Labute approximate surface area is 139 Å². The third kappa shape index (κ3) is 2.97. The van der Waals surface area contributed by atoms with Gasteiger partial charge in [0.05, 0.1) is 20.3 Å². The van der Waals surface area contributed by atoms with Crippen LogP contribution in [0.1, 0.15) is 19.7 Å². The van der Waals surface area contributed by atoms with E-state index in [2.05, 4.69) is 0 Å². The van der Waals surface area contributed by atoms with E-state index in [0.29, 0.717) is 11.3 Å². The molecule has 0 atom stereocenters. The van der Waals surface area contributed by atoms with E-state index < -0.39 is 17.7 Å². The summed E-state index contributed by atoms with van der Waals surface area (Å²) in [6, 6.07) is 7.34. The van der Waals surface area contributed by atoms with Crippen molar-refractivity contribution in [1.29, 1.82) is 0 Å². The van der Waals surface area contributed by atoms with Crippen molar-refractivity contribution in [2.24, 2.45) is 7.05 Å². The highest BCUT2D eigenvalue weighted by molar-refractivity contribution is 6.17. The molecule has 7 heteroatoms. The number of aliphatic hydroxyl groups is 1. The molecule has 2 rings (SSSR count). The summed E-state index contributed by atoms with van der Waals surface area (Å²) in [6.45, 7) is 5.24. The Balaban J connectivity index is 2.78. The van der Waals surface area contributed by atoms with Gasteiger partial charge in [-0.25, -0.2) is 14.2 Å². The lowest BCUT2D eigenvalue weighted by Gasteiger charge is -2.08. The number of benzene rings is 1. The smallest absolute Gasteiger partial charge is 0.383 e. The number of aryl methyl sites for hydroxylation is 1. The summed E-state index contributed by atoms with van der Waals surface area (Å²) in [5.74, 6) is -1.90. The van der Waals surface area contributed by atoms with Crippen LogP contribution in [0.3, 0.4) is 0 Å². The highest BCUT2D eigenvalue weighted by Crippen LogP contribution is 2.22. The van der Waals surface area contributed by atoms with Gasteiger partial charge in [-0.1, -0.05) is 12.1 Å². The molecule has 7 nitrogen and oxygen atoms in total. The van der Waals surface area contributed by atoms with Crippen LogP contribution in [-0.2, 0) is 26.1 Å². The summed E-state index contributed by atoms with van der Waals surface area (Å²) >= 11 is 0. The monoisotopic (exact) mass is 333 g/mol. The number of hydrogen-bond acceptors (Lipinski definition) is 5. The van der Waals surface area contributed by atoms with E-state index in [1.165, 1.54) is 4.57 Å². The second-order valence-corrected chi connectivity index (χ2v) is 5.07. The molecule has 2 aromatic rings. The van der Waals surface area contributed by atoms with Gasteiger partial charge in [0.15, 0.2) is 11.0 Å². The summed E-state index contributed by atoms with van der Waals surface area (Å²) in [5, 5.41) is 10.3. The van der Waals surface area contributed by atoms with Crippen LogP contribution in [0.15, 0.2) is 30.0 Å². The second kappa shape index (κ2) is 7.16. The van der Waals surface area contributed by atoms with Crippen LogP contribution < -0.4 is 4.57 Å². The number of aliphatic hydroxyl groups excluding tert-OH is 1. The van der Waals surface area contributed by atoms with E-state index in [1.807, 2.05) is 29.8 Å². The number of esters is 2. The van der Waals surface area contributed by atoms with E-state index in [4.69, 9.17) is 9.47 Å². The van der Waals surface area contributed by atoms with E-state index in [-0.39, 0.29) is 18.9 Å². The maximum Gasteiger partial charge on any atom is 0.383 e. The highest BCUT2D eigenvalue weighted by Gasteiger charge is 2.34. The molecule has 0 radical (unpaired) electrons. The molecule has 0 unspecified atom stereocenters. The number of hydrogen-bond donors (Lipinski definition) is 1. The van der Waals surface area contributed by atoms with E-state index in [0.717, 1.165) is 5.52 Å². The molecular weight excluding hydrogens is 312 g/mol. The van der Waals surface area contributed by atoms with Gasteiger partial charge in [-0.05, 0) is 26.0 Å². The van der Waals surface area contributed by atoms with E-state index in [1.54, 1.807) is 26.8 Å². The van der Waals surface area contributed by atoms with E-state index >= 15 is 0 Å². The molecule has 0 saturated carbocycles. The molecule has 0 aliphatic heterocycles. The van der Waals surface area contributed by atoms with Crippen LogP contribution in [0.5, 0.6) is 0 Å². The zero-order chi connectivity index (χ0) is 17.9. The molecule has 0 aliphatic rings. The van der Waals surface area contributed by atoms with Crippen LogP contribution in [0.25, 0.3) is 16.7 Å². The largest absolute Gasteiger partial charge is 0.499 e. The van der Waals surface area contributed by atoms with Gasteiger partial charge in [0.25, 0.3) is 17.3 Å². The molecule has 1 N–H and O–H groups in total. The van der Waals surface area contributed by atoms with Gasteiger partial charge in [0.2, 0.25) is 0 Å². The Hall–Kier alpha value is -2.83. The number of aromatic nitrogens is 2. The third-order valence-corrected chi connectivity index (χ3v) is 3.68. The Morgan fingerprint density at radius 2 is 1.71 bits per heavy atom. The Morgan fingerprint density at radius 1 is 1.12 bits per heavy atom. The normalized spacial score (nSPS) is 12.0. The van der Waals surface area contributed by atoms with Crippen LogP contribution in [0.4, 0.5) is 0 Å². The molecule has 1 aromatic heterocycles. The van der Waals surface area contributed by atoms with Crippen molar-refractivity contribution < 1.29 is 28.7 Å². The number of para-hydroxylation sites is 2. The van der Waals surface area contributed by atoms with Crippen molar-refractivity contribution in [2.45, 2.75) is 20.8 Å². The zero-order valence-electron chi connectivity index (χ0n) is 14.2. The fourth-order valence-corrected chi connectivity index (χ4v) is 2.51. The minimum Gasteiger partial charge on any atom is -0.499 e. The molecule has 0 saturated heterocycles. The molecule has 1 aromatic carbocycles. The summed E-state index contributed by atoms with van der Waals surface area (Å²) < 4.78 is 13.2. The summed E-state index contributed by atoms with van der Waals surface area (Å²) in [4.78, 5) is 24.4. The highest BCUT2D eigenvalue weighted by atomic mass is 16.5. The summed E-state index contributed by atoms with van der Waals surface area (Å²) in [6.07, 6.45) is 0. The minimum atomic E-state index is -0.972. The van der Waals surface area contributed by atoms with Crippen molar-refractivity contribution in [3.63, 3.8) is 0 Å². The van der Waals surface area contributed by atoms with Gasteiger partial charge in [0.1, 0.15) is 0 Å². The fraction of sp³-hybridized carbons (Fsp3) is 0.353. The molecule has 0 spiro atoms. The number of rotatable bonds is 5. The molecule has 1 heterocycles. The van der Waals surface area contributed by atoms with Crippen LogP contribution >= 0.6 is 0 Å². The zero-order valence-corrected chi connectivity index (χ0v) is 14.2. The van der Waals surface area contributed by atoms with Gasteiger partial charge in [-0.3, -0.25) is 0 Å². The number of carbonyl (C=O) groups excluding carboxylic acids is 2. The fourth-order valence-electron chi connectivity index (χ4n) is 2.51. The van der Waals surface area contributed by atoms with Crippen molar-refractivity contribution in [3.05, 3.63) is 35.8 Å². The van der Waals surface area contributed by atoms with E-state index in [9.17, 15) is 14.7 Å². The topological polar surface area (TPSA) is 81.6 Å². The summed E-state index contributed by atoms with van der Waals surface area (Å²) in [5.41, 5.74) is 1.24. The predicted molar refractivity (Wildman–Crippen MR) is 87.0 cm³/mol. The van der Waals surface area contributed by atoms with Crippen molar-refractivity contribution in [2.75, 3.05) is 13.2 Å². The van der Waals surface area contributed by atoms with Gasteiger partial charge in [-0.15, -0.1) is 0 Å². The SMILES string of the molecule is CCOC(=O)/C(O)=C(\C(=O)OCC)n1c(C)[n+](C)c2ccccc21. The molecule has 24 heavy (non-hydrogen) atoms. The number of nitrogens with zero attached hydrogens (tertiary/aromatic N) is 2. The molecule has 0 bridgehead atoms. The van der Waals surface area contributed by atoms with Gasteiger partial charge < -0.3 is 14.6 Å². The summed E-state index contributed by atoms with van der Waals surface area (Å²) in [7, 11) is 1.83. The molecule has 0 aliphatic carbocycles. The first-order valence-corrected chi connectivity index (χ1v) is 7.67. The first kappa shape index (κ1) is 17.5. The number of ether oxygens (including phenoxy) is 2. The molecule has 128 valence electrons. The Bertz CT molecular complexity index is 820. The lowest BCUT2D eigenvalue weighted by atomic mass is 10.3. The third-order valence-electron chi connectivity index (χ3n) is 3.68. The molecular formula is C17H21N2O5+. The molecule has 0 fully saturated rings. The molecule has 0 amide bonds. The predicted octanol–water partition coefficient (Wildman–Crippen LogP) is 1.63. The Morgan fingerprint density at radius 3 is 2.33 bits per heavy atom. The lowest BCUT2D eigenvalue weighted by molar-refractivity contribution is -0.651. The minimum absolute atomic E-state index is 0.0815. The first-order valence-electron chi connectivity index (χ1n) is 7.67. The van der Waals surface area contributed by atoms with Crippen LogP contribution in [0.2, 0.25) is 0 Å². The number of fused-ring (bicyclic) bond motifs is 1. The Kier molecular flexibility index (Phi) is 5.23. The second-order valence-electron chi connectivity index (χ2n) is 5.07.